The first kappa shape index (κ1) is 16.8. The fraction of sp³-hybridized carbons (Fsp3) is 0.211. The van der Waals surface area contributed by atoms with Gasteiger partial charge in [0.25, 0.3) is 0 Å². The van der Waals surface area contributed by atoms with Crippen molar-refractivity contribution in [3.05, 3.63) is 74.2 Å². The van der Waals surface area contributed by atoms with E-state index in [2.05, 4.69) is 17.5 Å². The van der Waals surface area contributed by atoms with Gasteiger partial charge in [-0.05, 0) is 47.7 Å². The number of allylic oxidation sites excluding steroid dienone is 2. The lowest BCUT2D eigenvalue weighted by atomic mass is 9.76. The number of carbonyl (C=O) groups is 1. The average Bonchev–Trinajstić information content (AvgIpc) is 3.06. The molecule has 0 amide bonds. The Morgan fingerprint density at radius 1 is 1.08 bits per heavy atom. The molecule has 0 saturated carbocycles. The quantitative estimate of drug-likeness (QED) is 0.599. The van der Waals surface area contributed by atoms with E-state index in [9.17, 15) is 9.90 Å². The molecule has 6 heteroatoms. The number of hydrogen-bond donors (Lipinski definition) is 2. The van der Waals surface area contributed by atoms with E-state index in [0.717, 1.165) is 23.2 Å². The maximum absolute atomic E-state index is 11.4. The summed E-state index contributed by atoms with van der Waals surface area (Å²) in [5.74, 6) is -0.591. The molecule has 0 radical (unpaired) electrons. The summed E-state index contributed by atoms with van der Waals surface area (Å²) in [4.78, 5) is 11.4. The number of rotatable bonds is 2. The van der Waals surface area contributed by atoms with Crippen LogP contribution < -0.4 is 5.32 Å². The second-order valence-electron chi connectivity index (χ2n) is 6.38. The van der Waals surface area contributed by atoms with Gasteiger partial charge in [-0.1, -0.05) is 53.0 Å². The first-order valence-corrected chi connectivity index (χ1v) is 9.04. The Morgan fingerprint density at radius 3 is 2.60 bits per heavy atom. The van der Waals surface area contributed by atoms with Crippen LogP contribution >= 0.6 is 34.8 Å². The second kappa shape index (κ2) is 6.24. The van der Waals surface area contributed by atoms with Crippen LogP contribution in [0.15, 0.2) is 42.5 Å². The minimum absolute atomic E-state index is 0.0236. The molecule has 0 saturated heterocycles. The van der Waals surface area contributed by atoms with Crippen molar-refractivity contribution in [2.24, 2.45) is 5.92 Å². The lowest BCUT2D eigenvalue weighted by molar-refractivity contribution is 0.0696. The van der Waals surface area contributed by atoms with Gasteiger partial charge in [0, 0.05) is 5.92 Å². The van der Waals surface area contributed by atoms with Crippen molar-refractivity contribution in [1.82, 2.24) is 0 Å². The molecule has 1 heterocycles. The molecule has 0 fully saturated rings. The van der Waals surface area contributed by atoms with E-state index < -0.39 is 5.97 Å². The molecule has 25 heavy (non-hydrogen) atoms. The van der Waals surface area contributed by atoms with Crippen molar-refractivity contribution in [2.45, 2.75) is 18.4 Å². The summed E-state index contributed by atoms with van der Waals surface area (Å²) in [7, 11) is 0. The highest BCUT2D eigenvalue weighted by Crippen LogP contribution is 2.52. The second-order valence-corrected chi connectivity index (χ2v) is 7.60. The van der Waals surface area contributed by atoms with Gasteiger partial charge < -0.3 is 10.4 Å². The van der Waals surface area contributed by atoms with Crippen LogP contribution in [0.2, 0.25) is 15.1 Å². The van der Waals surface area contributed by atoms with E-state index in [4.69, 9.17) is 34.8 Å². The molecule has 3 atom stereocenters. The molecule has 3 nitrogen and oxygen atoms in total. The predicted octanol–water partition coefficient (Wildman–Crippen LogP) is 6.17. The summed E-state index contributed by atoms with van der Waals surface area (Å²) in [5, 5.41) is 14.3. The lowest BCUT2D eigenvalue weighted by Gasteiger charge is -2.38. The van der Waals surface area contributed by atoms with Gasteiger partial charge in [0.1, 0.15) is 0 Å². The van der Waals surface area contributed by atoms with Crippen LogP contribution in [0.25, 0.3) is 0 Å². The number of fused-ring (bicyclic) bond motifs is 3. The Kier molecular flexibility index (Phi) is 4.19. The van der Waals surface area contributed by atoms with Crippen LogP contribution in [-0.2, 0) is 0 Å². The fourth-order valence-electron chi connectivity index (χ4n) is 3.81. The van der Waals surface area contributed by atoms with Crippen LogP contribution in [-0.4, -0.2) is 11.1 Å². The number of carboxylic acids is 1. The number of hydrogen-bond acceptors (Lipinski definition) is 2. The van der Waals surface area contributed by atoms with Gasteiger partial charge in [0.2, 0.25) is 0 Å². The first-order chi connectivity index (χ1) is 12.0. The molecule has 1 aliphatic heterocycles. The Bertz CT molecular complexity index is 910. The molecule has 2 aromatic carbocycles. The smallest absolute Gasteiger partial charge is 0.335 e. The van der Waals surface area contributed by atoms with Crippen molar-refractivity contribution < 1.29 is 9.90 Å². The number of nitrogens with one attached hydrogen (secondary N) is 1. The molecule has 4 rings (SSSR count). The zero-order chi connectivity index (χ0) is 17.7. The van der Waals surface area contributed by atoms with Crippen molar-refractivity contribution in [2.75, 3.05) is 5.32 Å². The number of anilines is 1. The van der Waals surface area contributed by atoms with Gasteiger partial charge in [-0.25, -0.2) is 4.79 Å². The minimum Gasteiger partial charge on any atom is -0.478 e. The third kappa shape index (κ3) is 2.80. The molecule has 2 aliphatic rings. The van der Waals surface area contributed by atoms with Crippen LogP contribution in [0.5, 0.6) is 0 Å². The highest BCUT2D eigenvalue weighted by Gasteiger charge is 2.39. The van der Waals surface area contributed by atoms with Crippen molar-refractivity contribution >= 4 is 46.5 Å². The zero-order valence-electron chi connectivity index (χ0n) is 13.0. The molecular weight excluding hydrogens is 381 g/mol. The average molecular weight is 395 g/mol. The fourth-order valence-corrected chi connectivity index (χ4v) is 4.40. The zero-order valence-corrected chi connectivity index (χ0v) is 15.2. The number of carboxylic acid groups (broad SMARTS) is 1. The molecule has 0 aromatic heterocycles. The van der Waals surface area contributed by atoms with Gasteiger partial charge >= 0.3 is 5.97 Å². The van der Waals surface area contributed by atoms with Gasteiger partial charge in [-0.15, -0.1) is 0 Å². The number of halogens is 3. The maximum atomic E-state index is 11.4. The molecule has 2 aromatic rings. The van der Waals surface area contributed by atoms with Crippen LogP contribution in [0.4, 0.5) is 5.69 Å². The Labute approximate surface area is 160 Å². The first-order valence-electron chi connectivity index (χ1n) is 7.90. The topological polar surface area (TPSA) is 49.3 Å². The SMILES string of the molecule is O=C(O)c1cc(Cl)c2c(c1)[C@@H]1C=CC[C@@H]1[C@H](c1ccc(Cl)c(Cl)c1)N2. The van der Waals surface area contributed by atoms with Gasteiger partial charge in [0.05, 0.1) is 32.4 Å². The number of benzene rings is 2. The predicted molar refractivity (Wildman–Crippen MR) is 101 cm³/mol. The molecule has 1 aliphatic carbocycles. The normalized spacial score (nSPS) is 23.7. The minimum atomic E-state index is -0.977. The molecule has 0 unspecified atom stereocenters. The standard InChI is InChI=1S/C19H14Cl3NO2/c20-14-5-4-9(7-15(14)21)17-12-3-1-2-11(12)13-6-10(19(24)25)8-16(22)18(13)23-17/h1-2,4-8,11-12,17,23H,3H2,(H,24,25)/t11-,12+,17+/m1/s1. The number of aromatic carboxylic acids is 1. The molecule has 128 valence electrons. The largest absolute Gasteiger partial charge is 0.478 e. The van der Waals surface area contributed by atoms with Crippen LogP contribution in [0.3, 0.4) is 0 Å². The lowest BCUT2D eigenvalue weighted by Crippen LogP contribution is -2.29. The van der Waals surface area contributed by atoms with E-state index in [1.165, 1.54) is 6.07 Å². The van der Waals surface area contributed by atoms with E-state index in [1.807, 2.05) is 12.1 Å². The molecule has 2 N–H and O–H groups in total. The molecule has 0 bridgehead atoms. The summed E-state index contributed by atoms with van der Waals surface area (Å²) < 4.78 is 0. The molecule has 0 spiro atoms. The molecular formula is C19H14Cl3NO2. The van der Waals surface area contributed by atoms with Gasteiger partial charge in [0.15, 0.2) is 0 Å². The van der Waals surface area contributed by atoms with Crippen molar-refractivity contribution in [3.8, 4) is 0 Å². The van der Waals surface area contributed by atoms with Crippen molar-refractivity contribution in [3.63, 3.8) is 0 Å². The monoisotopic (exact) mass is 393 g/mol. The van der Waals surface area contributed by atoms with E-state index in [0.29, 0.717) is 15.1 Å². The van der Waals surface area contributed by atoms with Crippen molar-refractivity contribution in [1.29, 1.82) is 0 Å². The third-order valence-electron chi connectivity index (χ3n) is 4.97. The van der Waals surface area contributed by atoms with Gasteiger partial charge in [-0.3, -0.25) is 0 Å². The Morgan fingerprint density at radius 2 is 1.88 bits per heavy atom. The maximum Gasteiger partial charge on any atom is 0.335 e. The highest BCUT2D eigenvalue weighted by atomic mass is 35.5. The highest BCUT2D eigenvalue weighted by molar-refractivity contribution is 6.42. The van der Waals surface area contributed by atoms with Gasteiger partial charge in [-0.2, -0.15) is 0 Å². The summed E-state index contributed by atoms with van der Waals surface area (Å²) in [6.45, 7) is 0. The Hall–Kier alpha value is -1.68. The summed E-state index contributed by atoms with van der Waals surface area (Å²) in [6, 6.07) is 8.86. The van der Waals surface area contributed by atoms with E-state index in [1.54, 1.807) is 12.1 Å². The van der Waals surface area contributed by atoms with E-state index in [-0.39, 0.29) is 23.4 Å². The summed E-state index contributed by atoms with van der Waals surface area (Å²) in [5.41, 5.74) is 2.96. The van der Waals surface area contributed by atoms with Crippen LogP contribution in [0, 0.1) is 5.92 Å². The van der Waals surface area contributed by atoms with Crippen LogP contribution in [0.1, 0.15) is 39.9 Å². The van der Waals surface area contributed by atoms with E-state index >= 15 is 0 Å². The summed E-state index contributed by atoms with van der Waals surface area (Å²) >= 11 is 18.6. The third-order valence-corrected chi connectivity index (χ3v) is 6.01. The summed E-state index contributed by atoms with van der Waals surface area (Å²) in [6.07, 6.45) is 5.17. The Balaban J connectivity index is 1.82.